The summed E-state index contributed by atoms with van der Waals surface area (Å²) in [6.07, 6.45) is -0.364. The van der Waals surface area contributed by atoms with Gasteiger partial charge in [-0.15, -0.1) is 0 Å². The number of ether oxygens (including phenoxy) is 1. The summed E-state index contributed by atoms with van der Waals surface area (Å²) in [6, 6.07) is 2.79. The molecule has 0 aromatic heterocycles. The number of rotatable bonds is 3. The van der Waals surface area contributed by atoms with Gasteiger partial charge in [-0.1, -0.05) is 0 Å². The van der Waals surface area contributed by atoms with Gasteiger partial charge < -0.3 is 14.7 Å². The zero-order valence-corrected chi connectivity index (χ0v) is 12.8. The zero-order chi connectivity index (χ0) is 16.4. The Labute approximate surface area is 133 Å². The maximum absolute atomic E-state index is 14.0. The monoisotopic (exact) mass is 326 g/mol. The number of nitrogens with zero attached hydrogens (tertiary/aromatic N) is 2. The summed E-state index contributed by atoms with van der Waals surface area (Å²) in [4.78, 5) is 15.8. The number of halogens is 2. The van der Waals surface area contributed by atoms with E-state index in [1.54, 1.807) is 9.80 Å². The molecule has 0 saturated carbocycles. The van der Waals surface area contributed by atoms with Gasteiger partial charge in [0.25, 0.3) is 0 Å². The van der Waals surface area contributed by atoms with Crippen molar-refractivity contribution in [3.8, 4) is 0 Å². The molecular weight excluding hydrogens is 306 g/mol. The second-order valence-corrected chi connectivity index (χ2v) is 5.99. The first-order valence-electron chi connectivity index (χ1n) is 7.77. The van der Waals surface area contributed by atoms with Crippen LogP contribution in [0.2, 0.25) is 0 Å². The topological polar surface area (TPSA) is 53.0 Å². The molecule has 3 rings (SSSR count). The average molecular weight is 326 g/mol. The number of β-amino-alcohol motifs (C(OH)–C–C–N with tert-alkyl or cyclic N) is 1. The van der Waals surface area contributed by atoms with Crippen molar-refractivity contribution in [2.24, 2.45) is 0 Å². The quantitative estimate of drug-likeness (QED) is 0.898. The predicted octanol–water partition coefficient (Wildman–Crippen LogP) is 0.931. The van der Waals surface area contributed by atoms with E-state index >= 15 is 0 Å². The van der Waals surface area contributed by atoms with Crippen molar-refractivity contribution in [3.63, 3.8) is 0 Å². The van der Waals surface area contributed by atoms with E-state index in [9.17, 15) is 18.7 Å². The van der Waals surface area contributed by atoms with Crippen molar-refractivity contribution in [2.75, 3.05) is 39.4 Å². The van der Waals surface area contributed by atoms with Gasteiger partial charge in [-0.2, -0.15) is 0 Å². The van der Waals surface area contributed by atoms with E-state index in [0.29, 0.717) is 26.3 Å². The van der Waals surface area contributed by atoms with Gasteiger partial charge in [0.15, 0.2) is 0 Å². The Morgan fingerprint density at radius 3 is 2.78 bits per heavy atom. The molecule has 2 saturated heterocycles. The Morgan fingerprint density at radius 1 is 1.30 bits per heavy atom. The summed E-state index contributed by atoms with van der Waals surface area (Å²) in [5.41, 5.74) is 0.191. The number of aliphatic hydroxyl groups is 1. The summed E-state index contributed by atoms with van der Waals surface area (Å²) in [5.74, 6) is -1.12. The minimum Gasteiger partial charge on any atom is -0.392 e. The van der Waals surface area contributed by atoms with Crippen LogP contribution in [0.1, 0.15) is 18.0 Å². The summed E-state index contributed by atoms with van der Waals surface area (Å²) in [5, 5.41) is 9.91. The van der Waals surface area contributed by atoms with E-state index in [-0.39, 0.29) is 31.0 Å². The maximum atomic E-state index is 14.0. The molecule has 1 amide bonds. The predicted molar refractivity (Wildman–Crippen MR) is 78.7 cm³/mol. The fraction of sp³-hybridized carbons (Fsp3) is 0.562. The molecule has 1 aromatic carbocycles. The number of morpholine rings is 1. The lowest BCUT2D eigenvalue weighted by atomic mass is 10.0. The number of hydrogen-bond donors (Lipinski definition) is 1. The van der Waals surface area contributed by atoms with Crippen LogP contribution >= 0.6 is 0 Å². The molecule has 0 aliphatic carbocycles. The van der Waals surface area contributed by atoms with Crippen LogP contribution in [-0.2, 0) is 9.53 Å². The van der Waals surface area contributed by atoms with Crippen molar-refractivity contribution in [1.82, 2.24) is 9.80 Å². The van der Waals surface area contributed by atoms with Crippen LogP contribution in [0.15, 0.2) is 18.2 Å². The highest BCUT2D eigenvalue weighted by Gasteiger charge is 2.35. The standard InChI is InChI=1S/C16H20F2N2O3/c17-11-1-2-14(18)13(7-11)15-8-12(21)9-20(15)10-16(22)19-3-5-23-6-4-19/h1-2,7,12,15,21H,3-6,8-10H2/t12-,15+/m1/s1. The first-order valence-corrected chi connectivity index (χ1v) is 7.77. The average Bonchev–Trinajstić information content (AvgIpc) is 2.91. The molecule has 2 heterocycles. The molecule has 5 nitrogen and oxygen atoms in total. The first-order chi connectivity index (χ1) is 11.0. The van der Waals surface area contributed by atoms with E-state index in [4.69, 9.17) is 4.74 Å². The Hall–Kier alpha value is -1.57. The summed E-state index contributed by atoms with van der Waals surface area (Å²) < 4.78 is 32.7. The molecule has 0 unspecified atom stereocenters. The van der Waals surface area contributed by atoms with Crippen LogP contribution in [0.5, 0.6) is 0 Å². The van der Waals surface area contributed by atoms with Crippen molar-refractivity contribution in [1.29, 1.82) is 0 Å². The van der Waals surface area contributed by atoms with E-state index in [1.165, 1.54) is 0 Å². The molecule has 0 radical (unpaired) electrons. The van der Waals surface area contributed by atoms with E-state index < -0.39 is 23.8 Å². The molecule has 0 bridgehead atoms. The van der Waals surface area contributed by atoms with Crippen molar-refractivity contribution in [2.45, 2.75) is 18.6 Å². The molecular formula is C16H20F2N2O3. The van der Waals surface area contributed by atoms with E-state index in [0.717, 1.165) is 18.2 Å². The Morgan fingerprint density at radius 2 is 2.04 bits per heavy atom. The third-order valence-electron chi connectivity index (χ3n) is 4.40. The molecule has 23 heavy (non-hydrogen) atoms. The molecule has 126 valence electrons. The largest absolute Gasteiger partial charge is 0.392 e. The summed E-state index contributed by atoms with van der Waals surface area (Å²) in [7, 11) is 0. The van der Waals surface area contributed by atoms with Gasteiger partial charge in [-0.05, 0) is 24.6 Å². The highest BCUT2D eigenvalue weighted by Crippen LogP contribution is 2.33. The third-order valence-corrected chi connectivity index (χ3v) is 4.40. The molecule has 2 atom stereocenters. The Balaban J connectivity index is 1.74. The van der Waals surface area contributed by atoms with Gasteiger partial charge in [-0.25, -0.2) is 8.78 Å². The Kier molecular flexibility index (Phi) is 4.89. The minimum atomic E-state index is -0.653. The lowest BCUT2D eigenvalue weighted by molar-refractivity contribution is -0.136. The van der Waals surface area contributed by atoms with Crippen molar-refractivity contribution < 1.29 is 23.4 Å². The molecule has 7 heteroatoms. The van der Waals surface area contributed by atoms with Crippen molar-refractivity contribution in [3.05, 3.63) is 35.4 Å². The van der Waals surface area contributed by atoms with Crippen LogP contribution < -0.4 is 0 Å². The molecule has 0 spiro atoms. The molecule has 1 N–H and O–H groups in total. The van der Waals surface area contributed by atoms with Crippen LogP contribution in [0.25, 0.3) is 0 Å². The van der Waals surface area contributed by atoms with Gasteiger partial charge in [0, 0.05) is 31.2 Å². The van der Waals surface area contributed by atoms with E-state index in [2.05, 4.69) is 0 Å². The second kappa shape index (κ2) is 6.90. The van der Waals surface area contributed by atoms with Crippen molar-refractivity contribution >= 4 is 5.91 Å². The number of amides is 1. The number of hydrogen-bond acceptors (Lipinski definition) is 4. The minimum absolute atomic E-state index is 0.0794. The van der Waals surface area contributed by atoms with Crippen LogP contribution in [0, 0.1) is 11.6 Å². The number of likely N-dealkylation sites (tertiary alicyclic amines) is 1. The fourth-order valence-electron chi connectivity index (χ4n) is 3.23. The lowest BCUT2D eigenvalue weighted by Crippen LogP contribution is -2.45. The molecule has 2 fully saturated rings. The Bertz CT molecular complexity index is 578. The number of carbonyl (C=O) groups excluding carboxylic acids is 1. The van der Waals surface area contributed by atoms with Crippen LogP contribution in [0.3, 0.4) is 0 Å². The van der Waals surface area contributed by atoms with Gasteiger partial charge in [0.1, 0.15) is 11.6 Å². The maximum Gasteiger partial charge on any atom is 0.236 e. The number of aliphatic hydroxyl groups excluding tert-OH is 1. The van der Waals surface area contributed by atoms with Gasteiger partial charge >= 0.3 is 0 Å². The number of carbonyl (C=O) groups is 1. The van der Waals surface area contributed by atoms with Gasteiger partial charge in [0.2, 0.25) is 5.91 Å². The highest BCUT2D eigenvalue weighted by atomic mass is 19.1. The third kappa shape index (κ3) is 3.68. The molecule has 2 aliphatic heterocycles. The fourth-order valence-corrected chi connectivity index (χ4v) is 3.23. The smallest absolute Gasteiger partial charge is 0.236 e. The summed E-state index contributed by atoms with van der Waals surface area (Å²) in [6.45, 7) is 2.45. The first kappa shape index (κ1) is 16.3. The molecule has 2 aliphatic rings. The van der Waals surface area contributed by atoms with Gasteiger partial charge in [-0.3, -0.25) is 9.69 Å². The van der Waals surface area contributed by atoms with E-state index in [1.807, 2.05) is 0 Å². The number of benzene rings is 1. The van der Waals surface area contributed by atoms with Crippen LogP contribution in [-0.4, -0.2) is 66.3 Å². The molecule has 1 aromatic rings. The van der Waals surface area contributed by atoms with Gasteiger partial charge in [0.05, 0.1) is 25.9 Å². The second-order valence-electron chi connectivity index (χ2n) is 5.99. The SMILES string of the molecule is O=C(CN1C[C@H](O)C[C@H]1c1cc(F)ccc1F)N1CCOCC1. The highest BCUT2D eigenvalue weighted by molar-refractivity contribution is 5.78. The zero-order valence-electron chi connectivity index (χ0n) is 12.8. The lowest BCUT2D eigenvalue weighted by Gasteiger charge is -2.30. The van der Waals surface area contributed by atoms with Crippen LogP contribution in [0.4, 0.5) is 8.78 Å². The normalized spacial score (nSPS) is 25.8. The summed E-state index contributed by atoms with van der Waals surface area (Å²) >= 11 is 0.